The molecular formula is C32H27N5O3. The van der Waals surface area contributed by atoms with Crippen LogP contribution in [0.1, 0.15) is 27.9 Å². The third-order valence-corrected chi connectivity index (χ3v) is 7.92. The Labute approximate surface area is 231 Å². The first kappa shape index (κ1) is 24.3. The van der Waals surface area contributed by atoms with Crippen molar-refractivity contribution in [2.24, 2.45) is 7.05 Å². The van der Waals surface area contributed by atoms with Gasteiger partial charge >= 0.3 is 0 Å². The number of nitriles is 1. The van der Waals surface area contributed by atoms with E-state index in [2.05, 4.69) is 28.1 Å². The summed E-state index contributed by atoms with van der Waals surface area (Å²) >= 11 is 0. The van der Waals surface area contributed by atoms with E-state index < -0.39 is 5.60 Å². The number of benzene rings is 3. The van der Waals surface area contributed by atoms with Crippen LogP contribution in [0, 0.1) is 11.3 Å². The molecule has 40 heavy (non-hydrogen) atoms. The molecule has 1 saturated heterocycles. The molecule has 0 radical (unpaired) electrons. The van der Waals surface area contributed by atoms with Crippen molar-refractivity contribution >= 4 is 16.7 Å². The molecule has 0 aliphatic carbocycles. The fourth-order valence-electron chi connectivity index (χ4n) is 5.76. The molecular weight excluding hydrogens is 502 g/mol. The molecule has 8 nitrogen and oxygen atoms in total. The fourth-order valence-corrected chi connectivity index (χ4v) is 5.76. The number of nitrogens with zero attached hydrogens (tertiary/aromatic N) is 5. The molecule has 4 heterocycles. The number of aromatic nitrogens is 3. The molecule has 0 saturated carbocycles. The molecule has 1 fully saturated rings. The highest BCUT2D eigenvalue weighted by molar-refractivity contribution is 5.97. The summed E-state index contributed by atoms with van der Waals surface area (Å²) < 4.78 is 13.6. The van der Waals surface area contributed by atoms with E-state index in [0.29, 0.717) is 46.9 Å². The van der Waals surface area contributed by atoms with Crippen molar-refractivity contribution in [3.05, 3.63) is 107 Å². The first-order valence-corrected chi connectivity index (χ1v) is 13.3. The topological polar surface area (TPSA) is 96.4 Å². The lowest BCUT2D eigenvalue weighted by Crippen LogP contribution is -2.36. The molecule has 1 unspecified atom stereocenters. The minimum atomic E-state index is -1.55. The Morgan fingerprint density at radius 3 is 2.62 bits per heavy atom. The molecule has 2 aliphatic heterocycles. The number of anilines is 1. The van der Waals surface area contributed by atoms with Crippen LogP contribution in [0.15, 0.2) is 79.3 Å². The Bertz CT molecular complexity index is 1800. The van der Waals surface area contributed by atoms with Crippen molar-refractivity contribution in [2.75, 3.05) is 31.2 Å². The number of imidazole rings is 1. The van der Waals surface area contributed by atoms with Crippen molar-refractivity contribution in [2.45, 2.75) is 12.2 Å². The van der Waals surface area contributed by atoms with E-state index >= 15 is 0 Å². The van der Waals surface area contributed by atoms with Crippen LogP contribution in [0.2, 0.25) is 0 Å². The summed E-state index contributed by atoms with van der Waals surface area (Å²) in [5.41, 5.74) is 4.36. The van der Waals surface area contributed by atoms with Gasteiger partial charge in [-0.05, 0) is 64.7 Å². The molecule has 198 valence electrons. The maximum Gasteiger partial charge on any atom is 0.156 e. The number of morpholine rings is 1. The van der Waals surface area contributed by atoms with E-state index in [1.807, 2.05) is 54.1 Å². The zero-order valence-electron chi connectivity index (χ0n) is 22.0. The summed E-state index contributed by atoms with van der Waals surface area (Å²) in [7, 11) is 1.86. The van der Waals surface area contributed by atoms with Gasteiger partial charge in [0.25, 0.3) is 0 Å². The van der Waals surface area contributed by atoms with Crippen LogP contribution < -0.4 is 9.64 Å². The lowest BCUT2D eigenvalue weighted by molar-refractivity contribution is 0.117. The summed E-state index contributed by atoms with van der Waals surface area (Å²) in [6, 6.07) is 23.7. The third-order valence-electron chi connectivity index (χ3n) is 7.92. The van der Waals surface area contributed by atoms with Gasteiger partial charge in [0.15, 0.2) is 5.60 Å². The molecule has 8 heteroatoms. The molecule has 0 amide bonds. The van der Waals surface area contributed by atoms with Crippen molar-refractivity contribution in [3.63, 3.8) is 0 Å². The fraction of sp³-hybridized carbons (Fsp3) is 0.219. The average Bonchev–Trinajstić information content (AvgIpc) is 3.45. The number of fused-ring (bicyclic) bond motifs is 6. The van der Waals surface area contributed by atoms with Gasteiger partial charge in [-0.2, -0.15) is 5.26 Å². The Hall–Kier alpha value is -4.71. The van der Waals surface area contributed by atoms with Crippen LogP contribution in [0.3, 0.4) is 0 Å². The first-order chi connectivity index (χ1) is 19.5. The van der Waals surface area contributed by atoms with E-state index in [1.165, 1.54) is 0 Å². The number of ether oxygens (including phenoxy) is 2. The monoisotopic (exact) mass is 529 g/mol. The molecule has 2 aromatic heterocycles. The van der Waals surface area contributed by atoms with Crippen molar-refractivity contribution < 1.29 is 14.6 Å². The molecule has 1 atom stereocenters. The number of aryl methyl sites for hydroxylation is 1. The summed E-state index contributed by atoms with van der Waals surface area (Å²) in [5, 5.41) is 23.4. The van der Waals surface area contributed by atoms with Gasteiger partial charge in [-0.25, -0.2) is 9.97 Å². The Balaban J connectivity index is 1.54. The second kappa shape index (κ2) is 9.49. The van der Waals surface area contributed by atoms with Crippen LogP contribution in [0.4, 0.5) is 5.82 Å². The van der Waals surface area contributed by atoms with E-state index in [9.17, 15) is 10.4 Å². The van der Waals surface area contributed by atoms with Crippen LogP contribution in [0.5, 0.6) is 5.75 Å². The molecule has 1 N–H and O–H groups in total. The lowest BCUT2D eigenvalue weighted by Gasteiger charge is -2.31. The van der Waals surface area contributed by atoms with Gasteiger partial charge in [0, 0.05) is 31.1 Å². The van der Waals surface area contributed by atoms with Gasteiger partial charge < -0.3 is 24.0 Å². The summed E-state index contributed by atoms with van der Waals surface area (Å²) in [6.45, 7) is 3.06. The third kappa shape index (κ3) is 3.90. The molecule has 3 aromatic carbocycles. The highest BCUT2D eigenvalue weighted by Gasteiger charge is 2.37. The van der Waals surface area contributed by atoms with Crippen molar-refractivity contribution in [1.29, 1.82) is 5.26 Å². The molecule has 2 aliphatic rings. The first-order valence-electron chi connectivity index (χ1n) is 13.3. The Kier molecular flexibility index (Phi) is 5.77. The highest BCUT2D eigenvalue weighted by Crippen LogP contribution is 2.41. The molecule has 5 aromatic rings. The lowest BCUT2D eigenvalue weighted by atomic mass is 9.81. The highest BCUT2D eigenvalue weighted by atomic mass is 16.5. The van der Waals surface area contributed by atoms with Crippen LogP contribution in [-0.4, -0.2) is 45.9 Å². The van der Waals surface area contributed by atoms with Gasteiger partial charge in [-0.1, -0.05) is 24.3 Å². The molecule has 7 rings (SSSR count). The van der Waals surface area contributed by atoms with Gasteiger partial charge in [0.05, 0.1) is 48.6 Å². The normalized spacial score (nSPS) is 18.4. The van der Waals surface area contributed by atoms with Crippen molar-refractivity contribution in [1.82, 2.24) is 14.5 Å². The second-order valence-electron chi connectivity index (χ2n) is 10.3. The Morgan fingerprint density at radius 2 is 1.82 bits per heavy atom. The van der Waals surface area contributed by atoms with Crippen LogP contribution >= 0.6 is 0 Å². The zero-order chi connectivity index (χ0) is 27.3. The molecule has 0 spiro atoms. The summed E-state index contributed by atoms with van der Waals surface area (Å²) in [6.07, 6.45) is 3.36. The van der Waals surface area contributed by atoms with Gasteiger partial charge in [-0.3, -0.25) is 0 Å². The Morgan fingerprint density at radius 1 is 1.00 bits per heavy atom. The second-order valence-corrected chi connectivity index (χ2v) is 10.3. The minimum Gasteiger partial charge on any atom is -0.489 e. The van der Waals surface area contributed by atoms with Crippen molar-refractivity contribution in [3.8, 4) is 22.9 Å². The number of rotatable bonds is 2. The summed E-state index contributed by atoms with van der Waals surface area (Å²) in [4.78, 5) is 11.6. The maximum atomic E-state index is 12.7. The number of pyridine rings is 1. The predicted octanol–water partition coefficient (Wildman–Crippen LogP) is 4.52. The van der Waals surface area contributed by atoms with E-state index in [0.717, 1.165) is 40.9 Å². The SMILES string of the molecule is Cn1cncc1C1(O)c2ccc(C#N)c(c2)COc2cccc(c2)-c2cc(N3CCOCC3)nc3ccc1cc23. The quantitative estimate of drug-likeness (QED) is 0.359. The van der Waals surface area contributed by atoms with E-state index in [1.54, 1.807) is 24.7 Å². The van der Waals surface area contributed by atoms with E-state index in [4.69, 9.17) is 14.5 Å². The van der Waals surface area contributed by atoms with Gasteiger partial charge in [0.1, 0.15) is 18.2 Å². The number of hydrogen-bond acceptors (Lipinski definition) is 7. The number of hydrogen-bond donors (Lipinski definition) is 1. The molecule has 6 bridgehead atoms. The van der Waals surface area contributed by atoms with Gasteiger partial charge in [-0.15, -0.1) is 0 Å². The smallest absolute Gasteiger partial charge is 0.156 e. The largest absolute Gasteiger partial charge is 0.489 e. The summed E-state index contributed by atoms with van der Waals surface area (Å²) in [5.74, 6) is 1.59. The zero-order valence-corrected chi connectivity index (χ0v) is 22.0. The van der Waals surface area contributed by atoms with Crippen LogP contribution in [0.25, 0.3) is 22.0 Å². The maximum absolute atomic E-state index is 12.7. The minimum absolute atomic E-state index is 0.185. The number of aliphatic hydroxyl groups is 1. The van der Waals surface area contributed by atoms with Crippen LogP contribution in [-0.2, 0) is 24.0 Å². The predicted molar refractivity (Wildman–Crippen MR) is 151 cm³/mol. The average molecular weight is 530 g/mol. The van der Waals surface area contributed by atoms with E-state index in [-0.39, 0.29) is 6.61 Å². The standard InChI is InChI=1S/C32H27N5O3/c1-36-20-34-18-30(36)32(38)24-6-5-22(17-33)23(13-24)19-40-26-4-2-3-21(14-26)27-16-31(37-9-11-39-12-10-37)35-29-8-7-25(32)15-28(27)29/h2-8,13-16,18,20,38H,9-12,19H2,1H3. The van der Waals surface area contributed by atoms with Gasteiger partial charge in [0.2, 0.25) is 0 Å².